The number of ether oxygens (including phenoxy) is 1. The molecule has 0 saturated heterocycles. The van der Waals surface area contributed by atoms with Gasteiger partial charge in [-0.1, -0.05) is 11.3 Å². The van der Waals surface area contributed by atoms with E-state index in [-0.39, 0.29) is 30.3 Å². The highest BCUT2D eigenvalue weighted by atomic mass is 32.1. The van der Waals surface area contributed by atoms with Crippen LogP contribution in [-0.2, 0) is 11.8 Å². The summed E-state index contributed by atoms with van der Waals surface area (Å²) in [6, 6.07) is 5.51. The first-order valence-electron chi connectivity index (χ1n) is 9.99. The topological polar surface area (TPSA) is 102 Å². The van der Waals surface area contributed by atoms with Gasteiger partial charge in [0, 0.05) is 51.8 Å². The summed E-state index contributed by atoms with van der Waals surface area (Å²) < 4.78 is 43.5. The minimum atomic E-state index is -4.78. The van der Waals surface area contributed by atoms with Crippen molar-refractivity contribution in [2.45, 2.75) is 19.2 Å². The minimum absolute atomic E-state index is 0.0634. The van der Waals surface area contributed by atoms with Crippen LogP contribution >= 0.6 is 11.3 Å². The molecule has 1 amide bonds. The highest BCUT2D eigenvalue weighted by molar-refractivity contribution is 7.22. The molecule has 178 valence electrons. The molecular formula is C21H19F3N6O3S. The number of hydrogen-bond acceptors (Lipinski definition) is 8. The molecule has 0 atom stereocenters. The number of ketones is 1. The number of fused-ring (bicyclic) bond motifs is 2. The van der Waals surface area contributed by atoms with Crippen LogP contribution in [0.2, 0.25) is 0 Å². The molecule has 0 spiro atoms. The average molecular weight is 492 g/mol. The van der Waals surface area contributed by atoms with Crippen molar-refractivity contribution in [3.8, 4) is 5.75 Å². The van der Waals surface area contributed by atoms with E-state index in [0.717, 1.165) is 11.3 Å². The Hall–Kier alpha value is -3.74. The Balaban J connectivity index is 1.54. The summed E-state index contributed by atoms with van der Waals surface area (Å²) in [4.78, 5) is 38.8. The molecule has 0 fully saturated rings. The fourth-order valence-corrected chi connectivity index (χ4v) is 4.07. The Bertz CT molecular complexity index is 1400. The second-order valence-corrected chi connectivity index (χ2v) is 8.62. The third-order valence-corrected chi connectivity index (χ3v) is 5.84. The van der Waals surface area contributed by atoms with Crippen LogP contribution in [0.4, 0.5) is 24.3 Å². The van der Waals surface area contributed by atoms with Gasteiger partial charge in [-0.05, 0) is 18.2 Å². The van der Waals surface area contributed by atoms with Crippen molar-refractivity contribution in [1.29, 1.82) is 0 Å². The van der Waals surface area contributed by atoms with Gasteiger partial charge in [-0.25, -0.2) is 15.0 Å². The maximum Gasteiger partial charge on any atom is 0.573 e. The van der Waals surface area contributed by atoms with Crippen LogP contribution in [0.5, 0.6) is 5.75 Å². The molecule has 1 aromatic carbocycles. The van der Waals surface area contributed by atoms with Crippen molar-refractivity contribution in [1.82, 2.24) is 24.4 Å². The van der Waals surface area contributed by atoms with Gasteiger partial charge >= 0.3 is 6.36 Å². The van der Waals surface area contributed by atoms with Crippen molar-refractivity contribution >= 4 is 55.5 Å². The Morgan fingerprint density at radius 3 is 2.62 bits per heavy atom. The zero-order valence-electron chi connectivity index (χ0n) is 18.3. The molecule has 34 heavy (non-hydrogen) atoms. The predicted octanol–water partition coefficient (Wildman–Crippen LogP) is 4.27. The maximum absolute atomic E-state index is 12.5. The smallest absolute Gasteiger partial charge is 0.406 e. The van der Waals surface area contributed by atoms with Crippen molar-refractivity contribution in [2.75, 3.05) is 19.4 Å². The Morgan fingerprint density at radius 1 is 1.15 bits per heavy atom. The molecular weight excluding hydrogens is 473 g/mol. The number of pyridine rings is 1. The van der Waals surface area contributed by atoms with Gasteiger partial charge in [0.25, 0.3) is 0 Å². The molecule has 13 heteroatoms. The van der Waals surface area contributed by atoms with E-state index in [4.69, 9.17) is 0 Å². The van der Waals surface area contributed by atoms with Gasteiger partial charge in [-0.2, -0.15) is 0 Å². The van der Waals surface area contributed by atoms with Gasteiger partial charge in [0.1, 0.15) is 11.3 Å². The van der Waals surface area contributed by atoms with E-state index in [1.54, 1.807) is 31.8 Å². The summed E-state index contributed by atoms with van der Waals surface area (Å²) in [6.45, 7) is 0. The minimum Gasteiger partial charge on any atom is -0.406 e. The number of Topliss-reactive ketones (excluding diaryl/α,β-unsaturated/α-hetero) is 1. The molecule has 1 N–H and O–H groups in total. The van der Waals surface area contributed by atoms with Gasteiger partial charge in [-0.15, -0.1) is 13.2 Å². The highest BCUT2D eigenvalue weighted by Crippen LogP contribution is 2.33. The van der Waals surface area contributed by atoms with Gasteiger partial charge in [0.05, 0.1) is 10.2 Å². The summed E-state index contributed by atoms with van der Waals surface area (Å²) >= 11 is 1.14. The van der Waals surface area contributed by atoms with Crippen LogP contribution < -0.4 is 10.1 Å². The van der Waals surface area contributed by atoms with Crippen LogP contribution in [0.3, 0.4) is 0 Å². The number of halogens is 3. The summed E-state index contributed by atoms with van der Waals surface area (Å²) in [5.41, 5.74) is 1.84. The number of nitrogens with zero attached hydrogens (tertiary/aromatic N) is 5. The quantitative estimate of drug-likeness (QED) is 0.385. The molecule has 0 saturated carbocycles. The fourth-order valence-electron chi connectivity index (χ4n) is 3.18. The number of hydrogen-bond donors (Lipinski definition) is 1. The monoisotopic (exact) mass is 492 g/mol. The number of carbonyl (C=O) groups excluding carboxylic acids is 2. The van der Waals surface area contributed by atoms with Crippen molar-refractivity contribution in [2.24, 2.45) is 7.05 Å². The summed E-state index contributed by atoms with van der Waals surface area (Å²) in [6.07, 6.45) is -3.17. The van der Waals surface area contributed by atoms with Crippen molar-refractivity contribution in [3.05, 3.63) is 36.0 Å². The highest BCUT2D eigenvalue weighted by Gasteiger charge is 2.31. The van der Waals surface area contributed by atoms with Crippen molar-refractivity contribution < 1.29 is 27.5 Å². The molecule has 4 rings (SSSR count). The van der Waals surface area contributed by atoms with Crippen LogP contribution in [0.15, 0.2) is 30.5 Å². The number of thiazole rings is 1. The molecule has 3 aromatic heterocycles. The fraction of sp³-hybridized carbons (Fsp3) is 0.286. The van der Waals surface area contributed by atoms with Crippen molar-refractivity contribution in [3.63, 3.8) is 0 Å². The van der Waals surface area contributed by atoms with E-state index in [0.29, 0.717) is 38.0 Å². The molecule has 0 radical (unpaired) electrons. The van der Waals surface area contributed by atoms with Crippen LogP contribution in [0.1, 0.15) is 23.2 Å². The first kappa shape index (κ1) is 23.4. The largest absolute Gasteiger partial charge is 0.573 e. The second-order valence-electron chi connectivity index (χ2n) is 7.59. The molecule has 0 aliphatic heterocycles. The van der Waals surface area contributed by atoms with Gasteiger partial charge in [0.2, 0.25) is 11.9 Å². The number of anilines is 2. The van der Waals surface area contributed by atoms with E-state index in [2.05, 4.69) is 25.0 Å². The normalized spacial score (nSPS) is 11.7. The van der Waals surface area contributed by atoms with Gasteiger partial charge < -0.3 is 15.0 Å². The molecule has 0 bridgehead atoms. The number of benzene rings is 1. The van der Waals surface area contributed by atoms with E-state index in [1.165, 1.54) is 29.3 Å². The SMILES string of the molecule is CN(C)C(=O)CCC(=O)c1cnc2c(c1)nc(Nc1nc3ccc(OC(F)(F)F)cc3s1)n2C. The van der Waals surface area contributed by atoms with E-state index < -0.39 is 6.36 Å². The van der Waals surface area contributed by atoms with Crippen LogP contribution in [-0.4, -0.2) is 56.6 Å². The average Bonchev–Trinajstić information content (AvgIpc) is 3.30. The zero-order valence-corrected chi connectivity index (χ0v) is 19.1. The molecule has 0 unspecified atom stereocenters. The molecule has 9 nitrogen and oxygen atoms in total. The lowest BCUT2D eigenvalue weighted by Crippen LogP contribution is -2.22. The maximum atomic E-state index is 12.5. The standard InChI is InChI=1S/C21H19F3N6O3S/c1-29(2)17(32)7-6-15(31)11-8-14-18(25-10-11)30(3)19(26-14)28-20-27-13-5-4-12(9-16(13)34-20)33-21(22,23)24/h4-5,8-10H,6-7H2,1-3H3,(H,26,27,28). The van der Waals surface area contributed by atoms with Gasteiger partial charge in [0.15, 0.2) is 16.6 Å². The number of amides is 1. The summed E-state index contributed by atoms with van der Waals surface area (Å²) in [7, 11) is 4.98. The number of nitrogens with one attached hydrogen (secondary N) is 1. The van der Waals surface area contributed by atoms with Crippen LogP contribution in [0, 0.1) is 0 Å². The number of imidazole rings is 1. The zero-order chi connectivity index (χ0) is 24.6. The predicted molar refractivity (Wildman–Crippen MR) is 120 cm³/mol. The number of alkyl halides is 3. The Morgan fingerprint density at radius 2 is 1.91 bits per heavy atom. The first-order valence-corrected chi connectivity index (χ1v) is 10.8. The van der Waals surface area contributed by atoms with E-state index >= 15 is 0 Å². The molecule has 0 aliphatic rings. The number of aromatic nitrogens is 4. The lowest BCUT2D eigenvalue weighted by Gasteiger charge is -2.09. The Labute approximate surface area is 195 Å². The summed E-state index contributed by atoms with van der Waals surface area (Å²) in [5, 5.41) is 3.45. The first-order chi connectivity index (χ1) is 16.0. The lowest BCUT2D eigenvalue weighted by atomic mass is 10.1. The molecule has 3 heterocycles. The summed E-state index contributed by atoms with van der Waals surface area (Å²) in [5.74, 6) is -0.292. The van der Waals surface area contributed by atoms with E-state index in [1.807, 2.05) is 0 Å². The number of carbonyl (C=O) groups is 2. The molecule has 4 aromatic rings. The third kappa shape index (κ3) is 5.09. The van der Waals surface area contributed by atoms with E-state index in [9.17, 15) is 22.8 Å². The Kier molecular flexibility index (Phi) is 6.13. The lowest BCUT2D eigenvalue weighted by molar-refractivity contribution is -0.274. The number of aryl methyl sites for hydroxylation is 1. The second kappa shape index (κ2) is 8.89. The van der Waals surface area contributed by atoms with Gasteiger partial charge in [-0.3, -0.25) is 14.2 Å². The van der Waals surface area contributed by atoms with Crippen LogP contribution in [0.25, 0.3) is 21.4 Å². The molecule has 0 aliphatic carbocycles. The number of rotatable bonds is 7. The third-order valence-electron chi connectivity index (χ3n) is 4.91.